The molecule has 6 atom stereocenters. The first-order chi connectivity index (χ1) is 23.1. The van der Waals surface area contributed by atoms with E-state index in [1.165, 1.54) is 12.1 Å². The number of phenols is 1. The Hall–Kier alpha value is -4.29. The molecule has 0 radical (unpaired) electrons. The number of aromatic hydroxyl groups is 1. The molecule has 2 saturated heterocycles. The number of fused-ring (bicyclic) bond motifs is 4. The number of halogens is 7. The van der Waals surface area contributed by atoms with Crippen LogP contribution in [0.1, 0.15) is 41.0 Å². The van der Waals surface area contributed by atoms with E-state index in [4.69, 9.17) is 23.2 Å². The van der Waals surface area contributed by atoms with Gasteiger partial charge in [-0.3, -0.25) is 24.1 Å². The third kappa shape index (κ3) is 4.32. The molecule has 4 amide bonds. The zero-order chi connectivity index (χ0) is 35.5. The van der Waals surface area contributed by atoms with Crippen LogP contribution in [-0.4, -0.2) is 43.4 Å². The Morgan fingerprint density at radius 2 is 1.39 bits per heavy atom. The minimum atomic E-state index is -2.63. The first-order valence-corrected chi connectivity index (χ1v) is 16.0. The lowest BCUT2D eigenvalue weighted by Crippen LogP contribution is -2.60. The van der Waals surface area contributed by atoms with E-state index in [0.29, 0.717) is 22.3 Å². The van der Waals surface area contributed by atoms with Crippen molar-refractivity contribution in [2.75, 3.05) is 4.90 Å². The average Bonchev–Trinajstić information content (AvgIpc) is 3.40. The van der Waals surface area contributed by atoms with Crippen molar-refractivity contribution < 1.29 is 46.2 Å². The number of hydrogen-bond acceptors (Lipinski definition) is 5. The fourth-order valence-electron chi connectivity index (χ4n) is 8.08. The number of phenolic OH excluding ortho intramolecular Hbond substituents is 1. The first kappa shape index (κ1) is 33.2. The van der Waals surface area contributed by atoms with Gasteiger partial charge in [0.25, 0.3) is 11.8 Å². The number of imide groups is 2. The lowest BCUT2D eigenvalue weighted by molar-refractivity contribution is -0.141. The summed E-state index contributed by atoms with van der Waals surface area (Å²) >= 11 is 14.3. The van der Waals surface area contributed by atoms with Crippen LogP contribution in [0.4, 0.5) is 27.6 Å². The van der Waals surface area contributed by atoms with Crippen LogP contribution in [0.25, 0.3) is 0 Å². The highest BCUT2D eigenvalue weighted by molar-refractivity contribution is 6.58. The number of anilines is 1. The maximum atomic E-state index is 15.2. The van der Waals surface area contributed by atoms with Crippen LogP contribution >= 0.6 is 23.2 Å². The van der Waals surface area contributed by atoms with Gasteiger partial charge in [0.1, 0.15) is 11.4 Å². The number of nitrogens with zero attached hydrogens (tertiary/aromatic N) is 2. The average molecular weight is 719 g/mol. The molecule has 0 aromatic heterocycles. The summed E-state index contributed by atoms with van der Waals surface area (Å²) in [6, 6.07) is 11.7. The van der Waals surface area contributed by atoms with Gasteiger partial charge in [-0.05, 0) is 54.9 Å². The predicted octanol–water partition coefficient (Wildman–Crippen LogP) is 6.47. The zero-order valence-electron chi connectivity index (χ0n) is 25.7. The molecule has 7 rings (SSSR count). The van der Waals surface area contributed by atoms with Crippen molar-refractivity contribution >= 4 is 52.5 Å². The molecule has 3 aromatic rings. The molecule has 2 heterocycles. The van der Waals surface area contributed by atoms with Crippen molar-refractivity contribution in [2.45, 2.75) is 48.9 Å². The minimum Gasteiger partial charge on any atom is -0.507 e. The molecule has 3 fully saturated rings. The van der Waals surface area contributed by atoms with E-state index >= 15 is 8.78 Å². The number of hydrogen-bond donors (Lipinski definition) is 1. The lowest BCUT2D eigenvalue weighted by Gasteiger charge is -2.50. The summed E-state index contributed by atoms with van der Waals surface area (Å²) in [5.74, 6) is -20.8. The fourth-order valence-corrected chi connectivity index (χ4v) is 9.02. The van der Waals surface area contributed by atoms with Gasteiger partial charge in [-0.2, -0.15) is 0 Å². The van der Waals surface area contributed by atoms with Crippen LogP contribution in [0.3, 0.4) is 0 Å². The second-order valence-electron chi connectivity index (χ2n) is 12.9. The molecule has 2 aliphatic heterocycles. The number of alkyl halides is 2. The Labute approximate surface area is 285 Å². The Balaban J connectivity index is 1.42. The maximum Gasteiger partial charge on any atom is 0.258 e. The van der Waals surface area contributed by atoms with Crippen LogP contribution in [-0.2, 0) is 25.7 Å². The number of aryl methyl sites for hydroxylation is 2. The molecule has 14 heteroatoms. The summed E-state index contributed by atoms with van der Waals surface area (Å²) in [7, 11) is 0. The highest BCUT2D eigenvalue weighted by Gasteiger charge is 2.77. The van der Waals surface area contributed by atoms with Gasteiger partial charge in [0.2, 0.25) is 17.6 Å². The largest absolute Gasteiger partial charge is 0.507 e. The van der Waals surface area contributed by atoms with Gasteiger partial charge < -0.3 is 5.11 Å². The standard InChI is InChI=1S/C35H25Cl2F5N2O5/c1-14-10-17(11-15(2)29(14)45)22-18-8-9-19-21(31(47)43(30(19)46)13-16-6-4-3-5-7-16)20(18)12-34(36)32(48)44(33(49)35(22,34)37)28-26(41)24(39)23(38)25(40)27(28)42/h3-8,10-11,19-22,45H,9,12-13H2,1-2H3. The van der Waals surface area contributed by atoms with Gasteiger partial charge in [-0.1, -0.05) is 54.1 Å². The van der Waals surface area contributed by atoms with E-state index < -0.39 is 98.2 Å². The number of amides is 4. The van der Waals surface area contributed by atoms with Gasteiger partial charge in [0.05, 0.1) is 18.4 Å². The van der Waals surface area contributed by atoms with Crippen molar-refractivity contribution in [3.8, 4) is 5.75 Å². The molecule has 2 aliphatic carbocycles. The van der Waals surface area contributed by atoms with Gasteiger partial charge in [0, 0.05) is 5.92 Å². The number of rotatable bonds is 4. The number of carbonyl (C=O) groups is 4. The van der Waals surface area contributed by atoms with Gasteiger partial charge in [-0.15, -0.1) is 23.2 Å². The summed E-state index contributed by atoms with van der Waals surface area (Å²) in [4.78, 5) is 52.1. The Kier molecular flexibility index (Phi) is 7.53. The monoisotopic (exact) mass is 718 g/mol. The third-order valence-electron chi connectivity index (χ3n) is 10.3. The van der Waals surface area contributed by atoms with Crippen molar-refractivity contribution in [3.63, 3.8) is 0 Å². The van der Waals surface area contributed by atoms with E-state index in [1.54, 1.807) is 50.3 Å². The molecule has 1 saturated carbocycles. The number of allylic oxidation sites excluding steroid dienone is 2. The highest BCUT2D eigenvalue weighted by Crippen LogP contribution is 2.66. The van der Waals surface area contributed by atoms with E-state index in [1.807, 2.05) is 0 Å². The van der Waals surface area contributed by atoms with Gasteiger partial charge >= 0.3 is 0 Å². The summed E-state index contributed by atoms with van der Waals surface area (Å²) in [6.07, 6.45) is 1.07. The molecule has 0 bridgehead atoms. The summed E-state index contributed by atoms with van der Waals surface area (Å²) in [5.41, 5.74) is 0.0355. The molecule has 7 nitrogen and oxygen atoms in total. The van der Waals surface area contributed by atoms with Crippen LogP contribution in [0.15, 0.2) is 54.1 Å². The summed E-state index contributed by atoms with van der Waals surface area (Å²) in [6.45, 7) is 3.07. The molecule has 4 aliphatic rings. The van der Waals surface area contributed by atoms with Crippen LogP contribution in [0, 0.1) is 60.7 Å². The fraction of sp³-hybridized carbons (Fsp3) is 0.314. The third-order valence-corrected chi connectivity index (χ3v) is 11.8. The van der Waals surface area contributed by atoms with Gasteiger partial charge in [-0.25, -0.2) is 26.9 Å². The van der Waals surface area contributed by atoms with Crippen molar-refractivity contribution in [3.05, 3.63) is 105 Å². The molecular weight excluding hydrogens is 694 g/mol. The Morgan fingerprint density at radius 1 is 0.816 bits per heavy atom. The zero-order valence-corrected chi connectivity index (χ0v) is 27.2. The SMILES string of the molecule is Cc1cc(C2C3=CCC4C(=O)N(Cc5ccccc5)C(=O)C4C3CC3(Cl)C(=O)N(c4c(F)c(F)c(F)c(F)c4F)C(=O)C23Cl)cc(C)c1O. The van der Waals surface area contributed by atoms with Crippen molar-refractivity contribution in [1.29, 1.82) is 0 Å². The van der Waals surface area contributed by atoms with Gasteiger partial charge in [0.15, 0.2) is 33.0 Å². The Bertz CT molecular complexity index is 2010. The molecule has 49 heavy (non-hydrogen) atoms. The van der Waals surface area contributed by atoms with E-state index in [0.717, 1.165) is 4.90 Å². The van der Waals surface area contributed by atoms with Crippen molar-refractivity contribution in [2.24, 2.45) is 17.8 Å². The smallest absolute Gasteiger partial charge is 0.258 e. The second-order valence-corrected chi connectivity index (χ2v) is 14.2. The number of carbonyl (C=O) groups excluding carboxylic acids is 4. The molecule has 0 spiro atoms. The molecule has 3 aromatic carbocycles. The van der Waals surface area contributed by atoms with Crippen LogP contribution in [0.5, 0.6) is 5.75 Å². The predicted molar refractivity (Wildman–Crippen MR) is 166 cm³/mol. The number of likely N-dealkylation sites (tertiary alicyclic amines) is 1. The second kappa shape index (κ2) is 11.1. The minimum absolute atomic E-state index is 0.0324. The normalized spacial score (nSPS) is 29.3. The Morgan fingerprint density at radius 3 is 1.98 bits per heavy atom. The van der Waals surface area contributed by atoms with Crippen LogP contribution < -0.4 is 4.90 Å². The maximum absolute atomic E-state index is 15.2. The molecule has 254 valence electrons. The molecule has 1 N–H and O–H groups in total. The van der Waals surface area contributed by atoms with Crippen molar-refractivity contribution in [1.82, 2.24) is 4.90 Å². The summed E-state index contributed by atoms with van der Waals surface area (Å²) in [5, 5.41) is 10.5. The lowest BCUT2D eigenvalue weighted by atomic mass is 9.56. The molecule has 6 unspecified atom stereocenters. The van der Waals surface area contributed by atoms with E-state index in [2.05, 4.69) is 0 Å². The van der Waals surface area contributed by atoms with E-state index in [-0.39, 0.29) is 29.2 Å². The quantitative estimate of drug-likeness (QED) is 0.0834. The first-order valence-electron chi connectivity index (χ1n) is 15.2. The topological polar surface area (TPSA) is 95.0 Å². The van der Waals surface area contributed by atoms with Crippen LogP contribution in [0.2, 0.25) is 0 Å². The highest BCUT2D eigenvalue weighted by atomic mass is 35.5. The summed E-state index contributed by atoms with van der Waals surface area (Å²) < 4.78 is 73.3. The molecular formula is C35H25Cl2F5N2O5. The number of benzene rings is 3. The van der Waals surface area contributed by atoms with E-state index in [9.17, 15) is 37.5 Å².